The van der Waals surface area contributed by atoms with Gasteiger partial charge in [0.1, 0.15) is 30.8 Å². The molecule has 1 unspecified atom stereocenters. The third-order valence-corrected chi connectivity index (χ3v) is 3.84. The van der Waals surface area contributed by atoms with Crippen molar-refractivity contribution < 1.29 is 32.2 Å². The highest BCUT2D eigenvalue weighted by Crippen LogP contribution is 2.32. The van der Waals surface area contributed by atoms with Crippen LogP contribution >= 0.6 is 11.6 Å². The zero-order valence-corrected chi connectivity index (χ0v) is 15.7. The minimum Gasteiger partial charge on any atom is -0.488 e. The molecular formula is C20H15ClF3NO4. The molecule has 5 nitrogen and oxygen atoms in total. The number of hydrogen-bond acceptors (Lipinski definition) is 5. The van der Waals surface area contributed by atoms with Crippen LogP contribution in [0.25, 0.3) is 0 Å². The molecule has 0 aliphatic rings. The Morgan fingerprint density at radius 2 is 1.97 bits per heavy atom. The molecule has 0 saturated heterocycles. The molecule has 0 aliphatic carbocycles. The fourth-order valence-corrected chi connectivity index (χ4v) is 2.34. The van der Waals surface area contributed by atoms with E-state index in [0.717, 1.165) is 12.1 Å². The summed E-state index contributed by atoms with van der Waals surface area (Å²) in [6.07, 6.45) is -4.53. The SMILES string of the molecule is C=CCOC(=O)C(COc1ccc(C(F)(F)F)cc1C#N)Oc1ccccc1Cl. The van der Waals surface area contributed by atoms with E-state index in [0.29, 0.717) is 6.07 Å². The first kappa shape index (κ1) is 22.1. The maximum absolute atomic E-state index is 12.8. The zero-order chi connectivity index (χ0) is 21.4. The molecule has 0 aromatic heterocycles. The Balaban J connectivity index is 2.21. The molecule has 2 aromatic rings. The van der Waals surface area contributed by atoms with E-state index in [1.165, 1.54) is 12.1 Å². The van der Waals surface area contributed by atoms with E-state index in [9.17, 15) is 18.0 Å². The van der Waals surface area contributed by atoms with Gasteiger partial charge in [-0.3, -0.25) is 0 Å². The molecule has 9 heteroatoms. The third-order valence-electron chi connectivity index (χ3n) is 3.53. The lowest BCUT2D eigenvalue weighted by Crippen LogP contribution is -2.35. The van der Waals surface area contributed by atoms with Gasteiger partial charge < -0.3 is 14.2 Å². The summed E-state index contributed by atoms with van der Waals surface area (Å²) in [7, 11) is 0. The van der Waals surface area contributed by atoms with Crippen LogP contribution in [-0.2, 0) is 15.7 Å². The lowest BCUT2D eigenvalue weighted by Gasteiger charge is -2.19. The van der Waals surface area contributed by atoms with Gasteiger partial charge in [-0.25, -0.2) is 4.79 Å². The molecule has 0 bridgehead atoms. The molecule has 0 saturated carbocycles. The highest BCUT2D eigenvalue weighted by Gasteiger charge is 2.31. The summed E-state index contributed by atoms with van der Waals surface area (Å²) in [5.74, 6) is -0.744. The second kappa shape index (κ2) is 9.85. The first-order valence-electron chi connectivity index (χ1n) is 8.19. The maximum atomic E-state index is 12.8. The van der Waals surface area contributed by atoms with Crippen LogP contribution < -0.4 is 9.47 Å². The number of alkyl halides is 3. The molecule has 2 rings (SSSR count). The Labute approximate surface area is 169 Å². The molecule has 29 heavy (non-hydrogen) atoms. The van der Waals surface area contributed by atoms with Crippen LogP contribution in [0.1, 0.15) is 11.1 Å². The van der Waals surface area contributed by atoms with Crippen molar-refractivity contribution in [3.05, 3.63) is 71.3 Å². The monoisotopic (exact) mass is 425 g/mol. The van der Waals surface area contributed by atoms with Gasteiger partial charge in [0.05, 0.1) is 16.1 Å². The highest BCUT2D eigenvalue weighted by molar-refractivity contribution is 6.32. The van der Waals surface area contributed by atoms with Gasteiger partial charge in [0.25, 0.3) is 0 Å². The van der Waals surface area contributed by atoms with Crippen LogP contribution in [0.15, 0.2) is 55.1 Å². The van der Waals surface area contributed by atoms with Gasteiger partial charge in [-0.1, -0.05) is 36.4 Å². The van der Waals surface area contributed by atoms with Gasteiger partial charge >= 0.3 is 12.1 Å². The van der Waals surface area contributed by atoms with Gasteiger partial charge in [0, 0.05) is 0 Å². The standard InChI is InChI=1S/C20H15ClF3NO4/c1-2-9-27-19(26)18(29-17-6-4-3-5-15(17)21)12-28-16-8-7-14(20(22,23)24)10-13(16)11-25/h2-8,10,18H,1,9,12H2. The van der Waals surface area contributed by atoms with Crippen molar-refractivity contribution in [2.24, 2.45) is 0 Å². The fourth-order valence-electron chi connectivity index (χ4n) is 2.16. The maximum Gasteiger partial charge on any atom is 0.416 e. The molecule has 0 heterocycles. The summed E-state index contributed by atoms with van der Waals surface area (Å²) < 4.78 is 54.3. The predicted molar refractivity (Wildman–Crippen MR) is 98.7 cm³/mol. The number of carbonyl (C=O) groups excluding carboxylic acids is 1. The highest BCUT2D eigenvalue weighted by atomic mass is 35.5. The summed E-state index contributed by atoms with van der Waals surface area (Å²) in [4.78, 5) is 12.2. The number of carbonyl (C=O) groups is 1. The van der Waals surface area contributed by atoms with Gasteiger partial charge in [0.2, 0.25) is 6.10 Å². The van der Waals surface area contributed by atoms with Crippen molar-refractivity contribution in [1.82, 2.24) is 0 Å². The Hall–Kier alpha value is -3.18. The van der Waals surface area contributed by atoms with E-state index in [1.54, 1.807) is 24.3 Å². The van der Waals surface area contributed by atoms with E-state index < -0.39 is 30.4 Å². The van der Waals surface area contributed by atoms with Crippen LogP contribution in [0.5, 0.6) is 11.5 Å². The Kier molecular flexibility index (Phi) is 7.51. The minimum absolute atomic E-state index is 0.0784. The summed E-state index contributed by atoms with van der Waals surface area (Å²) in [5.41, 5.74) is -1.33. The van der Waals surface area contributed by atoms with Gasteiger partial charge in [-0.05, 0) is 30.3 Å². The van der Waals surface area contributed by atoms with Gasteiger partial charge in [0.15, 0.2) is 0 Å². The molecule has 0 amide bonds. The Morgan fingerprint density at radius 1 is 1.24 bits per heavy atom. The van der Waals surface area contributed by atoms with Gasteiger partial charge in [-0.2, -0.15) is 18.4 Å². The smallest absolute Gasteiger partial charge is 0.416 e. The van der Waals surface area contributed by atoms with Crippen molar-refractivity contribution in [2.75, 3.05) is 13.2 Å². The first-order chi connectivity index (χ1) is 13.8. The topological polar surface area (TPSA) is 68.5 Å². The van der Waals surface area contributed by atoms with Crippen molar-refractivity contribution in [3.63, 3.8) is 0 Å². The molecule has 0 fully saturated rings. The molecule has 0 N–H and O–H groups in total. The van der Waals surface area contributed by atoms with E-state index in [2.05, 4.69) is 6.58 Å². The average molecular weight is 426 g/mol. The second-order valence-electron chi connectivity index (χ2n) is 5.59. The number of hydrogen-bond donors (Lipinski definition) is 0. The van der Waals surface area contributed by atoms with Crippen molar-refractivity contribution in [2.45, 2.75) is 12.3 Å². The summed E-state index contributed by atoms with van der Waals surface area (Å²) in [6, 6.07) is 10.5. The van der Waals surface area contributed by atoms with E-state index in [1.807, 2.05) is 0 Å². The molecule has 2 aromatic carbocycles. The second-order valence-corrected chi connectivity index (χ2v) is 5.99. The van der Waals surface area contributed by atoms with Crippen LogP contribution in [0.2, 0.25) is 5.02 Å². The molecule has 152 valence electrons. The number of benzene rings is 2. The minimum atomic E-state index is -4.60. The van der Waals surface area contributed by atoms with Gasteiger partial charge in [-0.15, -0.1) is 0 Å². The largest absolute Gasteiger partial charge is 0.488 e. The van der Waals surface area contributed by atoms with E-state index >= 15 is 0 Å². The third kappa shape index (κ3) is 6.16. The predicted octanol–water partition coefficient (Wildman–Crippen LogP) is 4.79. The average Bonchev–Trinajstić information content (AvgIpc) is 2.69. The van der Waals surface area contributed by atoms with Crippen LogP contribution in [0.3, 0.4) is 0 Å². The van der Waals surface area contributed by atoms with E-state index in [4.69, 9.17) is 31.1 Å². The number of esters is 1. The van der Waals surface area contributed by atoms with Crippen LogP contribution in [0, 0.1) is 11.3 Å². The lowest BCUT2D eigenvalue weighted by molar-refractivity contribution is -0.152. The van der Waals surface area contributed by atoms with Crippen LogP contribution in [-0.4, -0.2) is 25.3 Å². The quantitative estimate of drug-likeness (QED) is 0.449. The Morgan fingerprint density at radius 3 is 2.59 bits per heavy atom. The first-order valence-corrected chi connectivity index (χ1v) is 8.57. The summed E-state index contributed by atoms with van der Waals surface area (Å²) in [6.45, 7) is 2.93. The number of rotatable bonds is 8. The number of para-hydroxylation sites is 1. The zero-order valence-electron chi connectivity index (χ0n) is 14.9. The molecule has 0 radical (unpaired) electrons. The summed E-state index contributed by atoms with van der Waals surface area (Å²) in [5, 5.41) is 9.36. The molecule has 0 spiro atoms. The van der Waals surface area contributed by atoms with Crippen molar-refractivity contribution in [1.29, 1.82) is 5.26 Å². The van der Waals surface area contributed by atoms with Crippen molar-refractivity contribution >= 4 is 17.6 Å². The number of nitriles is 1. The molecule has 0 aliphatic heterocycles. The molecule has 1 atom stereocenters. The number of halogens is 4. The van der Waals surface area contributed by atoms with Crippen molar-refractivity contribution in [3.8, 4) is 17.6 Å². The normalized spacial score (nSPS) is 11.8. The molecular weight excluding hydrogens is 411 g/mol. The number of ether oxygens (including phenoxy) is 3. The summed E-state index contributed by atoms with van der Waals surface area (Å²) >= 11 is 6.02. The lowest BCUT2D eigenvalue weighted by atomic mass is 10.1. The fraction of sp³-hybridized carbons (Fsp3) is 0.200. The van der Waals surface area contributed by atoms with E-state index in [-0.39, 0.29) is 28.7 Å². The van der Waals surface area contributed by atoms with Crippen LogP contribution in [0.4, 0.5) is 13.2 Å². The Bertz CT molecular complexity index is 925. The number of nitrogens with zero attached hydrogens (tertiary/aromatic N) is 1.